The Hall–Kier alpha value is -3.94. The number of ether oxygens (including phenoxy) is 4. The van der Waals surface area contributed by atoms with E-state index < -0.39 is 11.9 Å². The van der Waals surface area contributed by atoms with Gasteiger partial charge >= 0.3 is 5.97 Å². The topological polar surface area (TPSA) is 103 Å². The summed E-state index contributed by atoms with van der Waals surface area (Å²) in [6.45, 7) is 4.01. The molecule has 0 saturated heterocycles. The molecule has 2 atom stereocenters. The lowest BCUT2D eigenvalue weighted by atomic mass is 9.71. The van der Waals surface area contributed by atoms with Crippen LogP contribution in [0.4, 0.5) is 0 Å². The van der Waals surface area contributed by atoms with Gasteiger partial charge in [-0.2, -0.15) is 0 Å². The maximum Gasteiger partial charge on any atom is 0.336 e. The van der Waals surface area contributed by atoms with Crippen molar-refractivity contribution >= 4 is 11.8 Å². The second kappa shape index (κ2) is 11.0. The van der Waals surface area contributed by atoms with Crippen molar-refractivity contribution in [3.05, 3.63) is 70.1 Å². The molecule has 0 aromatic heterocycles. The van der Waals surface area contributed by atoms with E-state index >= 15 is 0 Å². The molecule has 0 radical (unpaired) electrons. The summed E-state index contributed by atoms with van der Waals surface area (Å²) in [5.74, 6) is 0.180. The summed E-state index contributed by atoms with van der Waals surface area (Å²) in [5.41, 5.74) is 3.87. The van der Waals surface area contributed by atoms with Gasteiger partial charge in [0.05, 0.1) is 33.5 Å². The molecule has 2 aliphatic rings. The Bertz CT molecular complexity index is 1280. The highest BCUT2D eigenvalue weighted by Gasteiger charge is 2.41. The first-order valence-corrected chi connectivity index (χ1v) is 12.3. The predicted octanol–water partition coefficient (Wildman–Crippen LogP) is 4.73. The van der Waals surface area contributed by atoms with Crippen LogP contribution >= 0.6 is 0 Å². The van der Waals surface area contributed by atoms with E-state index in [0.29, 0.717) is 52.5 Å². The van der Waals surface area contributed by atoms with Gasteiger partial charge in [0.1, 0.15) is 0 Å². The molecule has 4 rings (SSSR count). The van der Waals surface area contributed by atoms with Gasteiger partial charge in [0.25, 0.3) is 0 Å². The van der Waals surface area contributed by atoms with Crippen LogP contribution in [-0.4, -0.2) is 44.8 Å². The van der Waals surface area contributed by atoms with Gasteiger partial charge in [-0.15, -0.1) is 0 Å². The molecule has 1 aliphatic heterocycles. The van der Waals surface area contributed by atoms with Crippen LogP contribution in [0.25, 0.3) is 0 Å². The Kier molecular flexibility index (Phi) is 7.76. The third kappa shape index (κ3) is 5.01. The van der Waals surface area contributed by atoms with Gasteiger partial charge in [-0.25, -0.2) is 4.79 Å². The standard InChI is InChI=1S/C29H33NO7/c1-6-11-37-29(33)26-16(2)30-20-12-19(17-7-10-24(35-4)25(15-17)36-5)14-22(32)28(20)27(26)18-8-9-23(34-3)21(31)13-18/h7-10,13,15,19,27,30-31H,6,11-12,14H2,1-5H3/t19-,27-/m1/s1. The number of dihydropyridines is 1. The first-order chi connectivity index (χ1) is 17.8. The van der Waals surface area contributed by atoms with Crippen molar-refractivity contribution in [2.75, 3.05) is 27.9 Å². The second-order valence-electron chi connectivity index (χ2n) is 9.20. The second-order valence-corrected chi connectivity index (χ2v) is 9.20. The third-order valence-electron chi connectivity index (χ3n) is 6.90. The van der Waals surface area contributed by atoms with Crippen molar-refractivity contribution in [2.24, 2.45) is 0 Å². The molecule has 0 unspecified atom stereocenters. The normalized spacial score (nSPS) is 19.2. The minimum Gasteiger partial charge on any atom is -0.504 e. The number of ketones is 1. The van der Waals surface area contributed by atoms with Gasteiger partial charge in [0.15, 0.2) is 28.8 Å². The number of hydrogen-bond acceptors (Lipinski definition) is 8. The van der Waals surface area contributed by atoms with Crippen LogP contribution in [0, 0.1) is 0 Å². The number of hydrogen-bond donors (Lipinski definition) is 2. The molecule has 0 bridgehead atoms. The largest absolute Gasteiger partial charge is 0.504 e. The number of phenolic OH excluding ortho intramolecular Hbond substituents is 1. The summed E-state index contributed by atoms with van der Waals surface area (Å²) in [5, 5.41) is 13.8. The Morgan fingerprint density at radius 1 is 0.973 bits per heavy atom. The van der Waals surface area contributed by atoms with E-state index in [0.717, 1.165) is 11.3 Å². The van der Waals surface area contributed by atoms with Gasteiger partial charge < -0.3 is 29.4 Å². The van der Waals surface area contributed by atoms with Crippen molar-refractivity contribution in [1.29, 1.82) is 0 Å². The quantitative estimate of drug-likeness (QED) is 0.494. The molecular formula is C29H33NO7. The molecule has 196 valence electrons. The maximum absolute atomic E-state index is 13.8. The Labute approximate surface area is 216 Å². The number of rotatable bonds is 8. The van der Waals surface area contributed by atoms with Crippen LogP contribution in [0.1, 0.15) is 56.1 Å². The number of esters is 1. The number of carbonyl (C=O) groups excluding carboxylic acids is 2. The zero-order valence-corrected chi connectivity index (χ0v) is 21.8. The van der Waals surface area contributed by atoms with Crippen LogP contribution in [0.5, 0.6) is 23.0 Å². The van der Waals surface area contributed by atoms with Crippen molar-refractivity contribution in [3.8, 4) is 23.0 Å². The number of carbonyl (C=O) groups is 2. The average Bonchev–Trinajstić information content (AvgIpc) is 2.90. The number of nitrogens with one attached hydrogen (secondary N) is 1. The smallest absolute Gasteiger partial charge is 0.336 e. The van der Waals surface area contributed by atoms with E-state index in [2.05, 4.69) is 5.32 Å². The molecular weight excluding hydrogens is 474 g/mol. The predicted molar refractivity (Wildman–Crippen MR) is 138 cm³/mol. The molecule has 0 fully saturated rings. The Morgan fingerprint density at radius 3 is 2.30 bits per heavy atom. The average molecular weight is 508 g/mol. The van der Waals surface area contributed by atoms with Crippen LogP contribution in [0.3, 0.4) is 0 Å². The molecule has 2 N–H and O–H groups in total. The highest BCUT2D eigenvalue weighted by atomic mass is 16.5. The van der Waals surface area contributed by atoms with Gasteiger partial charge in [-0.05, 0) is 61.1 Å². The molecule has 1 aliphatic carbocycles. The van der Waals surface area contributed by atoms with Crippen LogP contribution in [-0.2, 0) is 14.3 Å². The zero-order chi connectivity index (χ0) is 26.7. The molecule has 2 aromatic rings. The number of allylic oxidation sites excluding steroid dienone is 3. The lowest BCUT2D eigenvalue weighted by Crippen LogP contribution is -2.36. The van der Waals surface area contributed by atoms with Gasteiger partial charge in [-0.3, -0.25) is 4.79 Å². The lowest BCUT2D eigenvalue weighted by molar-refractivity contribution is -0.139. The molecule has 2 aromatic carbocycles. The van der Waals surface area contributed by atoms with Crippen molar-refractivity contribution in [3.63, 3.8) is 0 Å². The molecule has 8 nitrogen and oxygen atoms in total. The number of Topliss-reactive ketones (excluding diaryl/α,β-unsaturated/α-hetero) is 1. The van der Waals surface area contributed by atoms with E-state index in [1.807, 2.05) is 32.0 Å². The molecule has 0 saturated carbocycles. The zero-order valence-electron chi connectivity index (χ0n) is 21.8. The fourth-order valence-electron chi connectivity index (χ4n) is 5.14. The monoisotopic (exact) mass is 507 g/mol. The molecule has 37 heavy (non-hydrogen) atoms. The van der Waals surface area contributed by atoms with E-state index in [1.54, 1.807) is 32.4 Å². The number of phenols is 1. The summed E-state index contributed by atoms with van der Waals surface area (Å²) in [6.07, 6.45) is 1.52. The first-order valence-electron chi connectivity index (χ1n) is 12.3. The van der Waals surface area contributed by atoms with Crippen LogP contribution in [0.2, 0.25) is 0 Å². The highest BCUT2D eigenvalue weighted by molar-refractivity contribution is 6.04. The van der Waals surface area contributed by atoms with Crippen molar-refractivity contribution < 1.29 is 33.6 Å². The lowest BCUT2D eigenvalue weighted by Gasteiger charge is -2.37. The minimum absolute atomic E-state index is 0.0638. The molecule has 0 amide bonds. The van der Waals surface area contributed by atoms with E-state index in [1.165, 1.54) is 7.11 Å². The number of methoxy groups -OCH3 is 3. The number of benzene rings is 2. The SMILES string of the molecule is CCCOC(=O)C1=C(C)NC2=C(C(=O)C[C@H](c3ccc(OC)c(OC)c3)C2)[C@@H]1c1ccc(OC)c(O)c1. The van der Waals surface area contributed by atoms with E-state index in [4.69, 9.17) is 18.9 Å². The van der Waals surface area contributed by atoms with E-state index in [9.17, 15) is 14.7 Å². The summed E-state index contributed by atoms with van der Waals surface area (Å²) >= 11 is 0. The van der Waals surface area contributed by atoms with Crippen molar-refractivity contribution in [1.82, 2.24) is 5.32 Å². The highest BCUT2D eigenvalue weighted by Crippen LogP contribution is 2.47. The number of aromatic hydroxyl groups is 1. The van der Waals surface area contributed by atoms with Gasteiger partial charge in [0, 0.05) is 29.3 Å². The Balaban J connectivity index is 1.78. The minimum atomic E-state index is -0.670. The van der Waals surface area contributed by atoms with E-state index in [-0.39, 0.29) is 30.5 Å². The summed E-state index contributed by atoms with van der Waals surface area (Å²) in [4.78, 5) is 26.9. The molecule has 1 heterocycles. The van der Waals surface area contributed by atoms with Gasteiger partial charge in [0.2, 0.25) is 0 Å². The summed E-state index contributed by atoms with van der Waals surface area (Å²) in [7, 11) is 4.63. The summed E-state index contributed by atoms with van der Waals surface area (Å²) in [6, 6.07) is 10.6. The maximum atomic E-state index is 13.8. The van der Waals surface area contributed by atoms with Crippen LogP contribution < -0.4 is 19.5 Å². The molecule has 0 spiro atoms. The van der Waals surface area contributed by atoms with Crippen LogP contribution in [0.15, 0.2) is 58.9 Å². The molecule has 8 heteroatoms. The summed E-state index contributed by atoms with van der Waals surface area (Å²) < 4.78 is 21.5. The third-order valence-corrected chi connectivity index (χ3v) is 6.90. The fourth-order valence-corrected chi connectivity index (χ4v) is 5.14. The first kappa shape index (κ1) is 26.1. The van der Waals surface area contributed by atoms with Gasteiger partial charge in [-0.1, -0.05) is 19.1 Å². The van der Waals surface area contributed by atoms with Crippen molar-refractivity contribution in [2.45, 2.75) is 44.9 Å². The Morgan fingerprint density at radius 2 is 1.65 bits per heavy atom. The fraction of sp³-hybridized carbons (Fsp3) is 0.379.